The van der Waals surface area contributed by atoms with Gasteiger partial charge in [0.1, 0.15) is 0 Å². The van der Waals surface area contributed by atoms with Gasteiger partial charge in [-0.2, -0.15) is 0 Å². The predicted molar refractivity (Wildman–Crippen MR) is 216 cm³/mol. The molecule has 0 atom stereocenters. The lowest BCUT2D eigenvalue weighted by Gasteiger charge is -2.39. The van der Waals surface area contributed by atoms with Gasteiger partial charge in [-0.3, -0.25) is 0 Å². The molecule has 7 aromatic carbocycles. The standard InChI is InChI=1S/C46H34BN5/c1-51(37-25-13-5-14-26-37)41-31-35(46-49-44(33-19-7-2-8-20-33)48-45(50-46)34-21-9-3-10-22-34)32-42-43(41)47(36-23-11-4-12-24-36)39-29-17-18-30-40(39)52(42)38-27-15-6-16-28-38/h2-32H,1H3. The number of benzene rings is 7. The number of anilines is 5. The summed E-state index contributed by atoms with van der Waals surface area (Å²) in [5.41, 5.74) is 11.9. The maximum Gasteiger partial charge on any atom is 0.249 e. The van der Waals surface area contributed by atoms with Crippen LogP contribution in [0, 0.1) is 0 Å². The van der Waals surface area contributed by atoms with E-state index in [1.54, 1.807) is 0 Å². The third-order valence-corrected chi connectivity index (χ3v) is 9.76. The van der Waals surface area contributed by atoms with Crippen molar-refractivity contribution in [3.05, 3.63) is 188 Å². The summed E-state index contributed by atoms with van der Waals surface area (Å²) in [5, 5.41) is 0. The molecule has 9 rings (SSSR count). The molecule has 0 aliphatic carbocycles. The van der Waals surface area contributed by atoms with E-state index in [0.29, 0.717) is 17.5 Å². The monoisotopic (exact) mass is 667 g/mol. The van der Waals surface area contributed by atoms with E-state index < -0.39 is 0 Å². The van der Waals surface area contributed by atoms with E-state index >= 15 is 0 Å². The Balaban J connectivity index is 1.37. The van der Waals surface area contributed by atoms with Crippen LogP contribution < -0.4 is 26.2 Å². The van der Waals surface area contributed by atoms with E-state index in [0.717, 1.165) is 45.1 Å². The smallest absolute Gasteiger partial charge is 0.249 e. The van der Waals surface area contributed by atoms with Crippen molar-refractivity contribution in [3.63, 3.8) is 0 Å². The van der Waals surface area contributed by atoms with Crippen molar-refractivity contribution in [1.29, 1.82) is 0 Å². The molecule has 1 aliphatic rings. The molecular weight excluding hydrogens is 633 g/mol. The van der Waals surface area contributed by atoms with Crippen LogP contribution in [0.5, 0.6) is 0 Å². The van der Waals surface area contributed by atoms with Crippen molar-refractivity contribution >= 4 is 51.5 Å². The van der Waals surface area contributed by atoms with Gasteiger partial charge in [0.05, 0.1) is 0 Å². The van der Waals surface area contributed by atoms with Crippen molar-refractivity contribution in [3.8, 4) is 34.2 Å². The third-order valence-electron chi connectivity index (χ3n) is 9.76. The minimum atomic E-state index is -0.0271. The molecule has 0 fully saturated rings. The van der Waals surface area contributed by atoms with Crippen LogP contribution in [0.3, 0.4) is 0 Å². The fourth-order valence-electron chi connectivity index (χ4n) is 7.31. The summed E-state index contributed by atoms with van der Waals surface area (Å²) in [5.74, 6) is 1.88. The Bertz CT molecular complexity index is 2420. The van der Waals surface area contributed by atoms with Gasteiger partial charge in [-0.25, -0.2) is 15.0 Å². The van der Waals surface area contributed by atoms with Crippen molar-refractivity contribution in [2.75, 3.05) is 16.8 Å². The Labute approximate surface area is 304 Å². The van der Waals surface area contributed by atoms with E-state index in [2.05, 4.69) is 144 Å². The first-order valence-electron chi connectivity index (χ1n) is 17.6. The average molecular weight is 668 g/mol. The molecule has 5 nitrogen and oxygen atoms in total. The largest absolute Gasteiger partial charge is 0.345 e. The van der Waals surface area contributed by atoms with Gasteiger partial charge in [0, 0.05) is 52.2 Å². The molecule has 0 spiro atoms. The van der Waals surface area contributed by atoms with Gasteiger partial charge in [0.2, 0.25) is 6.71 Å². The van der Waals surface area contributed by atoms with Crippen LogP contribution in [0.4, 0.5) is 28.4 Å². The molecule has 0 saturated carbocycles. The van der Waals surface area contributed by atoms with Crippen molar-refractivity contribution in [2.45, 2.75) is 0 Å². The Morgan fingerprint density at radius 3 is 1.54 bits per heavy atom. The zero-order valence-corrected chi connectivity index (χ0v) is 28.7. The zero-order valence-electron chi connectivity index (χ0n) is 28.7. The van der Waals surface area contributed by atoms with Gasteiger partial charge in [0.25, 0.3) is 0 Å². The Morgan fingerprint density at radius 2 is 0.942 bits per heavy atom. The van der Waals surface area contributed by atoms with Crippen LogP contribution in [-0.2, 0) is 0 Å². The van der Waals surface area contributed by atoms with Crippen molar-refractivity contribution in [1.82, 2.24) is 15.0 Å². The maximum atomic E-state index is 5.18. The van der Waals surface area contributed by atoms with E-state index in [1.165, 1.54) is 16.4 Å². The number of aromatic nitrogens is 3. The van der Waals surface area contributed by atoms with Crippen LogP contribution in [0.15, 0.2) is 188 Å². The first-order valence-corrected chi connectivity index (χ1v) is 17.6. The summed E-state index contributed by atoms with van der Waals surface area (Å²) in [6.45, 7) is -0.0271. The highest BCUT2D eigenvalue weighted by molar-refractivity contribution is 6.98. The number of rotatable bonds is 7. The second kappa shape index (κ2) is 13.5. The minimum absolute atomic E-state index is 0.0271. The second-order valence-electron chi connectivity index (χ2n) is 12.9. The molecule has 52 heavy (non-hydrogen) atoms. The van der Waals surface area contributed by atoms with E-state index in [9.17, 15) is 0 Å². The van der Waals surface area contributed by atoms with Crippen LogP contribution in [0.1, 0.15) is 0 Å². The van der Waals surface area contributed by atoms with E-state index in [4.69, 9.17) is 15.0 Å². The summed E-state index contributed by atoms with van der Waals surface area (Å²) in [6, 6.07) is 65.7. The summed E-state index contributed by atoms with van der Waals surface area (Å²) in [6.07, 6.45) is 0. The number of fused-ring (bicyclic) bond motifs is 2. The average Bonchev–Trinajstić information content (AvgIpc) is 3.23. The molecule has 6 heteroatoms. The lowest BCUT2D eigenvalue weighted by atomic mass is 9.34. The predicted octanol–water partition coefficient (Wildman–Crippen LogP) is 8.94. The lowest BCUT2D eigenvalue weighted by Crippen LogP contribution is -2.58. The molecule has 0 bridgehead atoms. The fourth-order valence-corrected chi connectivity index (χ4v) is 7.31. The highest BCUT2D eigenvalue weighted by Crippen LogP contribution is 2.41. The van der Waals surface area contributed by atoms with E-state index in [-0.39, 0.29) is 6.71 Å². The third kappa shape index (κ3) is 5.70. The topological polar surface area (TPSA) is 45.2 Å². The summed E-state index contributed by atoms with van der Waals surface area (Å²) in [7, 11) is 2.16. The van der Waals surface area contributed by atoms with Crippen LogP contribution in [-0.4, -0.2) is 28.7 Å². The first kappa shape index (κ1) is 31.2. The first-order chi connectivity index (χ1) is 25.7. The SMILES string of the molecule is CN(c1ccccc1)c1cc(-c2nc(-c3ccccc3)nc(-c3ccccc3)n2)cc2c1B(c1ccccc1)c1ccccc1N2c1ccccc1. The van der Waals surface area contributed by atoms with Crippen molar-refractivity contribution < 1.29 is 0 Å². The summed E-state index contributed by atoms with van der Waals surface area (Å²) in [4.78, 5) is 20.1. The van der Waals surface area contributed by atoms with Gasteiger partial charge in [-0.1, -0.05) is 151 Å². The minimum Gasteiger partial charge on any atom is -0.345 e. The lowest BCUT2D eigenvalue weighted by molar-refractivity contribution is 1.07. The Hall–Kier alpha value is -6.79. The molecule has 0 radical (unpaired) electrons. The van der Waals surface area contributed by atoms with Gasteiger partial charge in [-0.15, -0.1) is 0 Å². The molecule has 1 aromatic heterocycles. The maximum absolute atomic E-state index is 5.18. The molecule has 0 N–H and O–H groups in total. The Kier molecular flexibility index (Phi) is 8.10. The molecule has 0 amide bonds. The zero-order chi connectivity index (χ0) is 34.9. The number of nitrogens with zero attached hydrogens (tertiary/aromatic N) is 5. The van der Waals surface area contributed by atoms with Gasteiger partial charge in [0.15, 0.2) is 17.5 Å². The second-order valence-corrected chi connectivity index (χ2v) is 12.9. The number of hydrogen-bond acceptors (Lipinski definition) is 5. The van der Waals surface area contributed by atoms with Gasteiger partial charge >= 0.3 is 0 Å². The number of para-hydroxylation sites is 3. The summed E-state index contributed by atoms with van der Waals surface area (Å²) < 4.78 is 0. The van der Waals surface area contributed by atoms with Crippen LogP contribution in [0.25, 0.3) is 34.2 Å². The normalized spacial score (nSPS) is 11.9. The van der Waals surface area contributed by atoms with Crippen molar-refractivity contribution in [2.24, 2.45) is 0 Å². The molecule has 8 aromatic rings. The molecule has 246 valence electrons. The molecule has 1 aliphatic heterocycles. The van der Waals surface area contributed by atoms with Gasteiger partial charge in [-0.05, 0) is 53.4 Å². The highest BCUT2D eigenvalue weighted by atomic mass is 15.2. The Morgan fingerprint density at radius 1 is 0.462 bits per heavy atom. The molecular formula is C46H34BN5. The fraction of sp³-hybridized carbons (Fsp3) is 0.0217. The number of hydrogen-bond donors (Lipinski definition) is 0. The van der Waals surface area contributed by atoms with Gasteiger partial charge < -0.3 is 9.80 Å². The quantitative estimate of drug-likeness (QED) is 0.159. The van der Waals surface area contributed by atoms with Crippen LogP contribution >= 0.6 is 0 Å². The molecule has 0 saturated heterocycles. The van der Waals surface area contributed by atoms with E-state index in [1.807, 2.05) is 60.7 Å². The summed E-state index contributed by atoms with van der Waals surface area (Å²) >= 11 is 0. The highest BCUT2D eigenvalue weighted by Gasteiger charge is 2.38. The molecule has 2 heterocycles. The molecule has 0 unspecified atom stereocenters. The van der Waals surface area contributed by atoms with Crippen LogP contribution in [0.2, 0.25) is 0 Å².